The average Bonchev–Trinajstić information content (AvgIpc) is 2.61. The first-order chi connectivity index (χ1) is 12.8. The molecule has 0 aliphatic heterocycles. The highest BCUT2D eigenvalue weighted by atomic mass is 35.5. The maximum absolute atomic E-state index is 13.9. The van der Waals surface area contributed by atoms with Gasteiger partial charge in [0.25, 0.3) is 0 Å². The Morgan fingerprint density at radius 1 is 1.00 bits per heavy atom. The lowest BCUT2D eigenvalue weighted by molar-refractivity contribution is -0.139. The smallest absolute Gasteiger partial charge is 0.245 e. The number of alkyl halides is 3. The third-order valence-electron chi connectivity index (χ3n) is 4.12. The van der Waals surface area contributed by atoms with Crippen molar-refractivity contribution >= 4 is 23.4 Å². The molecule has 0 radical (unpaired) electrons. The van der Waals surface area contributed by atoms with Gasteiger partial charge in [0.15, 0.2) is 0 Å². The maximum atomic E-state index is 13.9. The van der Waals surface area contributed by atoms with E-state index in [1.807, 2.05) is 24.3 Å². The van der Waals surface area contributed by atoms with Crippen LogP contribution in [0.3, 0.4) is 0 Å². The zero-order valence-electron chi connectivity index (χ0n) is 14.7. The second-order valence-electron chi connectivity index (χ2n) is 6.37. The molecule has 6 heteroatoms. The first kappa shape index (κ1) is 19.8. The monoisotopic (exact) mass is 407 g/mol. The summed E-state index contributed by atoms with van der Waals surface area (Å²) in [5.41, 5.74) is 0.969. The van der Waals surface area contributed by atoms with Crippen LogP contribution in [-0.2, 0) is 6.18 Å². The molecule has 1 aromatic heterocycles. The van der Waals surface area contributed by atoms with Gasteiger partial charge >= 0.3 is 6.18 Å². The molecule has 0 spiro atoms. The zero-order valence-corrected chi connectivity index (χ0v) is 16.3. The lowest BCUT2D eigenvalue weighted by Gasteiger charge is -2.17. The summed E-state index contributed by atoms with van der Waals surface area (Å²) in [6.45, 7) is 4.15. The van der Waals surface area contributed by atoms with Gasteiger partial charge in [-0.1, -0.05) is 61.5 Å². The van der Waals surface area contributed by atoms with E-state index in [0.29, 0.717) is 11.5 Å². The minimum absolute atomic E-state index is 0.0931. The molecule has 1 nitrogen and oxygen atoms in total. The molecule has 1 heterocycles. The van der Waals surface area contributed by atoms with Gasteiger partial charge in [0, 0.05) is 16.0 Å². The quantitative estimate of drug-likeness (QED) is 0.411. The summed E-state index contributed by atoms with van der Waals surface area (Å²) < 4.78 is 41.7. The Labute approximate surface area is 165 Å². The molecule has 140 valence electrons. The maximum Gasteiger partial charge on any atom is 0.418 e. The van der Waals surface area contributed by atoms with Crippen molar-refractivity contribution in [3.05, 3.63) is 77.1 Å². The standard InChI is InChI=1S/C21H17ClF3NS/c1-13(2)14-6-8-16(9-7-14)27-18-5-3-4-17(20(18)21(23,24)25)15-10-11-26-19(22)12-15/h3-13H,1-2H3. The van der Waals surface area contributed by atoms with Gasteiger partial charge in [0.2, 0.25) is 0 Å². The number of benzene rings is 2. The van der Waals surface area contributed by atoms with Crippen LogP contribution in [0.2, 0.25) is 5.15 Å². The van der Waals surface area contributed by atoms with Crippen molar-refractivity contribution in [2.45, 2.75) is 35.7 Å². The molecule has 0 aliphatic carbocycles. The van der Waals surface area contributed by atoms with Gasteiger partial charge in [-0.15, -0.1) is 0 Å². The molecule has 0 saturated carbocycles. The molecule has 0 atom stereocenters. The summed E-state index contributed by atoms with van der Waals surface area (Å²) in [6.07, 6.45) is -3.09. The van der Waals surface area contributed by atoms with E-state index in [1.54, 1.807) is 6.07 Å². The number of hydrogen-bond donors (Lipinski definition) is 0. The van der Waals surface area contributed by atoms with E-state index in [0.717, 1.165) is 22.2 Å². The fourth-order valence-corrected chi connectivity index (χ4v) is 3.94. The molecule has 2 aromatic carbocycles. The van der Waals surface area contributed by atoms with Crippen LogP contribution in [0.25, 0.3) is 11.1 Å². The van der Waals surface area contributed by atoms with E-state index in [4.69, 9.17) is 11.6 Å². The predicted octanol–water partition coefficient (Wildman–Crippen LogP) is 7.70. The Kier molecular flexibility index (Phi) is 5.82. The molecule has 3 rings (SSSR count). The van der Waals surface area contributed by atoms with Crippen molar-refractivity contribution < 1.29 is 13.2 Å². The lowest BCUT2D eigenvalue weighted by atomic mass is 10.0. The fourth-order valence-electron chi connectivity index (χ4n) is 2.77. The minimum Gasteiger partial charge on any atom is -0.245 e. The van der Waals surface area contributed by atoms with Crippen LogP contribution < -0.4 is 0 Å². The molecular weight excluding hydrogens is 391 g/mol. The summed E-state index contributed by atoms with van der Waals surface area (Å²) >= 11 is 6.98. The molecule has 0 saturated heterocycles. The third kappa shape index (κ3) is 4.66. The van der Waals surface area contributed by atoms with Gasteiger partial charge in [-0.05, 0) is 52.9 Å². The number of rotatable bonds is 4. The molecule has 0 amide bonds. The number of nitrogens with zero attached hydrogens (tertiary/aromatic N) is 1. The average molecular weight is 408 g/mol. The first-order valence-corrected chi connectivity index (χ1v) is 9.55. The minimum atomic E-state index is -4.49. The first-order valence-electron chi connectivity index (χ1n) is 8.35. The summed E-state index contributed by atoms with van der Waals surface area (Å²) in [5, 5.41) is 0.156. The Bertz CT molecular complexity index is 937. The zero-order chi connectivity index (χ0) is 19.6. The van der Waals surface area contributed by atoms with Crippen LogP contribution in [0.15, 0.2) is 70.6 Å². The summed E-state index contributed by atoms with van der Waals surface area (Å²) in [6, 6.07) is 15.2. The van der Waals surface area contributed by atoms with Crippen molar-refractivity contribution in [2.24, 2.45) is 0 Å². The van der Waals surface area contributed by atoms with E-state index in [-0.39, 0.29) is 15.6 Å². The van der Waals surface area contributed by atoms with Crippen LogP contribution >= 0.6 is 23.4 Å². The predicted molar refractivity (Wildman–Crippen MR) is 104 cm³/mol. The number of hydrogen-bond acceptors (Lipinski definition) is 2. The molecule has 0 fully saturated rings. The van der Waals surface area contributed by atoms with Crippen molar-refractivity contribution in [1.82, 2.24) is 4.98 Å². The summed E-state index contributed by atoms with van der Waals surface area (Å²) in [7, 11) is 0. The molecule has 0 unspecified atom stereocenters. The van der Waals surface area contributed by atoms with Crippen LogP contribution in [0, 0.1) is 0 Å². The van der Waals surface area contributed by atoms with E-state index >= 15 is 0 Å². The third-order valence-corrected chi connectivity index (χ3v) is 5.40. The lowest BCUT2D eigenvalue weighted by Crippen LogP contribution is -2.09. The molecule has 0 N–H and O–H groups in total. The summed E-state index contributed by atoms with van der Waals surface area (Å²) in [5.74, 6) is 0.370. The van der Waals surface area contributed by atoms with E-state index < -0.39 is 11.7 Å². The molecule has 27 heavy (non-hydrogen) atoms. The SMILES string of the molecule is CC(C)c1ccc(Sc2cccc(-c3ccnc(Cl)c3)c2C(F)(F)F)cc1. The second kappa shape index (κ2) is 7.95. The van der Waals surface area contributed by atoms with Gasteiger partial charge in [-0.3, -0.25) is 0 Å². The summed E-state index contributed by atoms with van der Waals surface area (Å²) in [4.78, 5) is 4.77. The Balaban J connectivity index is 2.06. The van der Waals surface area contributed by atoms with Gasteiger partial charge in [-0.2, -0.15) is 13.2 Å². The van der Waals surface area contributed by atoms with Gasteiger partial charge in [0.05, 0.1) is 5.56 Å². The van der Waals surface area contributed by atoms with E-state index in [1.165, 1.54) is 30.5 Å². The van der Waals surface area contributed by atoms with Crippen molar-refractivity contribution in [3.63, 3.8) is 0 Å². The Hall–Kier alpha value is -1.98. The van der Waals surface area contributed by atoms with Gasteiger partial charge < -0.3 is 0 Å². The largest absolute Gasteiger partial charge is 0.418 e. The van der Waals surface area contributed by atoms with E-state index in [2.05, 4.69) is 18.8 Å². The normalized spacial score (nSPS) is 11.8. The fraction of sp³-hybridized carbons (Fsp3) is 0.190. The van der Waals surface area contributed by atoms with Crippen molar-refractivity contribution in [2.75, 3.05) is 0 Å². The van der Waals surface area contributed by atoms with Crippen molar-refractivity contribution in [3.8, 4) is 11.1 Å². The van der Waals surface area contributed by atoms with E-state index in [9.17, 15) is 13.2 Å². The highest BCUT2D eigenvalue weighted by Crippen LogP contribution is 2.44. The van der Waals surface area contributed by atoms with Gasteiger partial charge in [-0.25, -0.2) is 4.98 Å². The highest BCUT2D eigenvalue weighted by Gasteiger charge is 2.36. The number of halogens is 4. The van der Waals surface area contributed by atoms with Crippen LogP contribution in [-0.4, -0.2) is 4.98 Å². The molecular formula is C21H17ClF3NS. The topological polar surface area (TPSA) is 12.9 Å². The van der Waals surface area contributed by atoms with Crippen LogP contribution in [0.4, 0.5) is 13.2 Å². The molecule has 0 bridgehead atoms. The number of pyridine rings is 1. The number of aromatic nitrogens is 1. The van der Waals surface area contributed by atoms with Crippen molar-refractivity contribution in [1.29, 1.82) is 0 Å². The molecule has 3 aromatic rings. The Morgan fingerprint density at radius 2 is 1.70 bits per heavy atom. The Morgan fingerprint density at radius 3 is 2.30 bits per heavy atom. The highest BCUT2D eigenvalue weighted by molar-refractivity contribution is 7.99. The van der Waals surface area contributed by atoms with Crippen LogP contribution in [0.1, 0.15) is 30.9 Å². The molecule has 0 aliphatic rings. The van der Waals surface area contributed by atoms with Crippen LogP contribution in [0.5, 0.6) is 0 Å². The second-order valence-corrected chi connectivity index (χ2v) is 7.87. The van der Waals surface area contributed by atoms with Gasteiger partial charge in [0.1, 0.15) is 5.15 Å².